The number of hydrogen-bond donors (Lipinski definition) is 1. The second-order valence-corrected chi connectivity index (χ2v) is 6.49. The molecule has 0 saturated carbocycles. The molecule has 20 heavy (non-hydrogen) atoms. The van der Waals surface area contributed by atoms with Crippen LogP contribution in [0, 0.1) is 0 Å². The van der Waals surface area contributed by atoms with Gasteiger partial charge < -0.3 is 15.0 Å². The molecule has 0 unspecified atom stereocenters. The Morgan fingerprint density at radius 1 is 1.60 bits per heavy atom. The van der Waals surface area contributed by atoms with E-state index in [2.05, 4.69) is 23.7 Å². The predicted octanol–water partition coefficient (Wildman–Crippen LogP) is 2.95. The number of rotatable bonds is 3. The van der Waals surface area contributed by atoms with Crippen LogP contribution >= 0.6 is 11.3 Å². The van der Waals surface area contributed by atoms with Crippen LogP contribution in [0.1, 0.15) is 42.7 Å². The van der Waals surface area contributed by atoms with E-state index < -0.39 is 0 Å². The molecule has 2 aliphatic rings. The minimum atomic E-state index is 0.0594. The van der Waals surface area contributed by atoms with Gasteiger partial charge >= 0.3 is 6.03 Å². The first-order valence-corrected chi connectivity index (χ1v) is 8.40. The Hall–Kier alpha value is -1.07. The van der Waals surface area contributed by atoms with Crippen molar-refractivity contribution in [3.05, 3.63) is 21.9 Å². The molecule has 1 N–H and O–H groups in total. The van der Waals surface area contributed by atoms with E-state index in [4.69, 9.17) is 4.74 Å². The second kappa shape index (κ2) is 6.14. The third-order valence-electron chi connectivity index (χ3n) is 4.25. The summed E-state index contributed by atoms with van der Waals surface area (Å²) in [5.41, 5.74) is 1.34. The van der Waals surface area contributed by atoms with Crippen LogP contribution in [0.5, 0.6) is 0 Å². The molecular formula is C15H22N2O2S. The molecule has 2 aliphatic heterocycles. The van der Waals surface area contributed by atoms with Crippen molar-refractivity contribution < 1.29 is 9.53 Å². The van der Waals surface area contributed by atoms with Crippen LogP contribution in [0.2, 0.25) is 0 Å². The Morgan fingerprint density at radius 3 is 3.25 bits per heavy atom. The largest absolute Gasteiger partial charge is 0.376 e. The zero-order chi connectivity index (χ0) is 13.9. The van der Waals surface area contributed by atoms with E-state index in [1.807, 2.05) is 16.2 Å². The molecule has 0 spiro atoms. The Bertz CT molecular complexity index is 468. The fourth-order valence-electron chi connectivity index (χ4n) is 3.19. The highest BCUT2D eigenvalue weighted by Gasteiger charge is 2.30. The second-order valence-electron chi connectivity index (χ2n) is 5.49. The topological polar surface area (TPSA) is 41.6 Å². The molecule has 0 radical (unpaired) electrons. The molecule has 110 valence electrons. The molecule has 1 fully saturated rings. The fraction of sp³-hybridized carbons (Fsp3) is 0.667. The lowest BCUT2D eigenvalue weighted by molar-refractivity contribution is 0.106. The number of nitrogens with one attached hydrogen (secondary N) is 1. The van der Waals surface area contributed by atoms with Gasteiger partial charge in [-0.1, -0.05) is 6.92 Å². The molecule has 1 saturated heterocycles. The normalized spacial score (nSPS) is 25.6. The molecule has 2 amide bonds. The smallest absolute Gasteiger partial charge is 0.318 e. The highest BCUT2D eigenvalue weighted by Crippen LogP contribution is 2.35. The Labute approximate surface area is 124 Å². The van der Waals surface area contributed by atoms with E-state index in [0.717, 1.165) is 38.8 Å². The number of nitrogens with zero attached hydrogens (tertiary/aromatic N) is 1. The first-order chi connectivity index (χ1) is 9.79. The number of hydrogen-bond acceptors (Lipinski definition) is 3. The summed E-state index contributed by atoms with van der Waals surface area (Å²) in [4.78, 5) is 15.9. The summed E-state index contributed by atoms with van der Waals surface area (Å²) < 4.78 is 5.56. The number of urea groups is 1. The summed E-state index contributed by atoms with van der Waals surface area (Å²) in [6.45, 7) is 4.45. The van der Waals surface area contributed by atoms with Crippen molar-refractivity contribution >= 4 is 17.4 Å². The lowest BCUT2D eigenvalue weighted by atomic mass is 9.98. The average molecular weight is 294 g/mol. The quantitative estimate of drug-likeness (QED) is 0.931. The van der Waals surface area contributed by atoms with Gasteiger partial charge in [0, 0.05) is 24.6 Å². The van der Waals surface area contributed by atoms with Crippen LogP contribution < -0.4 is 5.32 Å². The van der Waals surface area contributed by atoms with E-state index in [1.54, 1.807) is 0 Å². The summed E-state index contributed by atoms with van der Waals surface area (Å²) in [6.07, 6.45) is 4.33. The maximum atomic E-state index is 12.4. The zero-order valence-electron chi connectivity index (χ0n) is 11.9. The Morgan fingerprint density at radius 2 is 2.50 bits per heavy atom. The molecule has 2 atom stereocenters. The SMILES string of the molecule is CC[C@H]1c2ccsc2CCN1C(=O)NC[C@@H]1CCCO1. The summed E-state index contributed by atoms with van der Waals surface area (Å²) in [7, 11) is 0. The third kappa shape index (κ3) is 2.69. The number of carbonyl (C=O) groups is 1. The molecule has 5 heteroatoms. The highest BCUT2D eigenvalue weighted by molar-refractivity contribution is 7.10. The van der Waals surface area contributed by atoms with Crippen molar-refractivity contribution in [2.75, 3.05) is 19.7 Å². The minimum absolute atomic E-state index is 0.0594. The van der Waals surface area contributed by atoms with E-state index >= 15 is 0 Å². The van der Waals surface area contributed by atoms with Gasteiger partial charge in [0.15, 0.2) is 0 Å². The Kier molecular flexibility index (Phi) is 4.27. The maximum Gasteiger partial charge on any atom is 0.318 e. The van der Waals surface area contributed by atoms with E-state index in [1.165, 1.54) is 10.4 Å². The zero-order valence-corrected chi connectivity index (χ0v) is 12.7. The number of amides is 2. The van der Waals surface area contributed by atoms with Crippen LogP contribution in [-0.2, 0) is 11.2 Å². The van der Waals surface area contributed by atoms with Gasteiger partial charge in [0.2, 0.25) is 0 Å². The number of fused-ring (bicyclic) bond motifs is 1. The van der Waals surface area contributed by atoms with Crippen molar-refractivity contribution in [3.63, 3.8) is 0 Å². The van der Waals surface area contributed by atoms with Gasteiger partial charge in [-0.15, -0.1) is 11.3 Å². The molecule has 0 bridgehead atoms. The standard InChI is InChI=1S/C15H22N2O2S/c1-2-13-12-6-9-20-14(12)5-7-17(13)15(18)16-10-11-4-3-8-19-11/h6,9,11,13H,2-5,7-8,10H2,1H3,(H,16,18)/t11-,13-/m0/s1. The molecular weight excluding hydrogens is 272 g/mol. The first kappa shape index (κ1) is 13.9. The van der Waals surface area contributed by atoms with Crippen molar-refractivity contribution in [1.82, 2.24) is 10.2 Å². The molecule has 1 aromatic rings. The number of thiophene rings is 1. The lowest BCUT2D eigenvalue weighted by Crippen LogP contribution is -2.46. The van der Waals surface area contributed by atoms with E-state index in [9.17, 15) is 4.79 Å². The molecule has 4 nitrogen and oxygen atoms in total. The average Bonchev–Trinajstić information content (AvgIpc) is 3.14. The molecule has 0 aliphatic carbocycles. The third-order valence-corrected chi connectivity index (χ3v) is 5.24. The van der Waals surface area contributed by atoms with Crippen molar-refractivity contribution in [3.8, 4) is 0 Å². The van der Waals surface area contributed by atoms with Gasteiger partial charge in [0.25, 0.3) is 0 Å². The van der Waals surface area contributed by atoms with E-state index in [-0.39, 0.29) is 18.2 Å². The van der Waals surface area contributed by atoms with Crippen LogP contribution in [0.4, 0.5) is 4.79 Å². The molecule has 0 aromatic carbocycles. The van der Waals surface area contributed by atoms with Gasteiger partial charge in [-0.2, -0.15) is 0 Å². The van der Waals surface area contributed by atoms with Gasteiger partial charge in [0.1, 0.15) is 0 Å². The monoisotopic (exact) mass is 294 g/mol. The van der Waals surface area contributed by atoms with Gasteiger partial charge in [0.05, 0.1) is 12.1 Å². The minimum Gasteiger partial charge on any atom is -0.376 e. The van der Waals surface area contributed by atoms with Gasteiger partial charge in [-0.05, 0) is 42.7 Å². The fourth-order valence-corrected chi connectivity index (χ4v) is 4.12. The van der Waals surface area contributed by atoms with Crippen molar-refractivity contribution in [2.24, 2.45) is 0 Å². The van der Waals surface area contributed by atoms with Crippen LogP contribution in [-0.4, -0.2) is 36.7 Å². The molecule has 3 heterocycles. The van der Waals surface area contributed by atoms with Crippen molar-refractivity contribution in [2.45, 2.75) is 44.8 Å². The molecule has 1 aromatic heterocycles. The highest BCUT2D eigenvalue weighted by atomic mass is 32.1. The van der Waals surface area contributed by atoms with Crippen LogP contribution in [0.15, 0.2) is 11.4 Å². The summed E-state index contributed by atoms with van der Waals surface area (Å²) in [6, 6.07) is 2.46. The van der Waals surface area contributed by atoms with Gasteiger partial charge in [-0.3, -0.25) is 0 Å². The molecule has 3 rings (SSSR count). The van der Waals surface area contributed by atoms with Gasteiger partial charge in [-0.25, -0.2) is 4.79 Å². The summed E-state index contributed by atoms with van der Waals surface area (Å²) >= 11 is 1.81. The first-order valence-electron chi connectivity index (χ1n) is 7.52. The number of carbonyl (C=O) groups excluding carboxylic acids is 1. The maximum absolute atomic E-state index is 12.4. The Balaban J connectivity index is 1.62. The number of ether oxygens (including phenoxy) is 1. The summed E-state index contributed by atoms with van der Waals surface area (Å²) in [5.74, 6) is 0. The van der Waals surface area contributed by atoms with Crippen LogP contribution in [0.25, 0.3) is 0 Å². The van der Waals surface area contributed by atoms with Crippen LogP contribution in [0.3, 0.4) is 0 Å². The lowest BCUT2D eigenvalue weighted by Gasteiger charge is -2.35. The van der Waals surface area contributed by atoms with E-state index in [0.29, 0.717) is 6.54 Å². The predicted molar refractivity (Wildman–Crippen MR) is 80.1 cm³/mol. The van der Waals surface area contributed by atoms with Crippen molar-refractivity contribution in [1.29, 1.82) is 0 Å². The summed E-state index contributed by atoms with van der Waals surface area (Å²) in [5, 5.41) is 5.19.